The van der Waals surface area contributed by atoms with E-state index in [-0.39, 0.29) is 29.8 Å². The van der Waals surface area contributed by atoms with Crippen molar-refractivity contribution in [2.75, 3.05) is 17.7 Å². The van der Waals surface area contributed by atoms with E-state index in [1.807, 2.05) is 43.3 Å². The van der Waals surface area contributed by atoms with Crippen molar-refractivity contribution >= 4 is 17.3 Å². The predicted octanol–water partition coefficient (Wildman–Crippen LogP) is 5.52. The number of aromatic nitrogens is 2. The van der Waals surface area contributed by atoms with Gasteiger partial charge in [0.05, 0.1) is 13.7 Å². The quantitative estimate of drug-likeness (QED) is 0.325. The third-order valence-corrected chi connectivity index (χ3v) is 5.07. The minimum absolute atomic E-state index is 0.0942. The minimum atomic E-state index is -2.97. The molecule has 4 aromatic rings. The largest absolute Gasteiger partial charge is 0.493 e. The summed E-state index contributed by atoms with van der Waals surface area (Å²) in [7, 11) is 1.35. The zero-order valence-electron chi connectivity index (χ0n) is 18.9. The number of carbonyl (C=O) groups excluding carboxylic acids is 1. The summed E-state index contributed by atoms with van der Waals surface area (Å²) in [6, 6.07) is 18.9. The standard InChI is InChI=1S/C25H22F2N4O4/c1-15-8-9-17(24(32)29-18-6-4-3-5-7-18)12-19(15)28-14-22-30-23(31-35-22)16-10-11-20(34-25(26)27)21(13-16)33-2/h3-13,25,28H,14H2,1-2H3,(H,29,32). The molecule has 3 aromatic carbocycles. The maximum atomic E-state index is 12.6. The Morgan fingerprint density at radius 2 is 1.86 bits per heavy atom. The van der Waals surface area contributed by atoms with Crippen LogP contribution in [0.4, 0.5) is 20.2 Å². The van der Waals surface area contributed by atoms with Crippen molar-refractivity contribution in [2.45, 2.75) is 20.1 Å². The van der Waals surface area contributed by atoms with Crippen molar-refractivity contribution in [3.63, 3.8) is 0 Å². The number of alkyl halides is 2. The maximum absolute atomic E-state index is 12.6. The van der Waals surface area contributed by atoms with Crippen LogP contribution >= 0.6 is 0 Å². The lowest BCUT2D eigenvalue weighted by Gasteiger charge is -2.11. The third-order valence-electron chi connectivity index (χ3n) is 5.07. The molecule has 35 heavy (non-hydrogen) atoms. The van der Waals surface area contributed by atoms with Crippen LogP contribution in [0.15, 0.2) is 71.3 Å². The number of anilines is 2. The van der Waals surface area contributed by atoms with Gasteiger partial charge in [0.15, 0.2) is 11.5 Å². The van der Waals surface area contributed by atoms with Gasteiger partial charge in [0.1, 0.15) is 0 Å². The number of methoxy groups -OCH3 is 1. The number of nitrogens with zero attached hydrogens (tertiary/aromatic N) is 2. The lowest BCUT2D eigenvalue weighted by molar-refractivity contribution is -0.0512. The molecule has 1 amide bonds. The number of para-hydroxylation sites is 1. The zero-order chi connectivity index (χ0) is 24.8. The van der Waals surface area contributed by atoms with E-state index in [1.165, 1.54) is 25.3 Å². The fraction of sp³-hybridized carbons (Fsp3) is 0.160. The fourth-order valence-corrected chi connectivity index (χ4v) is 3.29. The molecule has 0 aliphatic carbocycles. The van der Waals surface area contributed by atoms with Crippen LogP contribution in [0.5, 0.6) is 11.5 Å². The van der Waals surface area contributed by atoms with Crippen LogP contribution in [0.1, 0.15) is 21.8 Å². The molecule has 0 saturated carbocycles. The summed E-state index contributed by atoms with van der Waals surface area (Å²) < 4.78 is 39.9. The van der Waals surface area contributed by atoms with Crippen molar-refractivity contribution in [3.05, 3.63) is 83.7 Å². The number of nitrogens with one attached hydrogen (secondary N) is 2. The molecule has 1 heterocycles. The van der Waals surface area contributed by atoms with Gasteiger partial charge in [-0.3, -0.25) is 4.79 Å². The number of carbonyl (C=O) groups is 1. The normalized spacial score (nSPS) is 10.8. The molecule has 0 atom stereocenters. The first kappa shape index (κ1) is 23.7. The smallest absolute Gasteiger partial charge is 0.387 e. The first-order valence-corrected chi connectivity index (χ1v) is 10.6. The van der Waals surface area contributed by atoms with Gasteiger partial charge >= 0.3 is 6.61 Å². The highest BCUT2D eigenvalue weighted by atomic mass is 19.3. The number of halogens is 2. The summed E-state index contributed by atoms with van der Waals surface area (Å²) >= 11 is 0. The molecule has 0 saturated heterocycles. The molecular weight excluding hydrogens is 458 g/mol. The Balaban J connectivity index is 1.44. The van der Waals surface area contributed by atoms with Crippen LogP contribution in [0.3, 0.4) is 0 Å². The number of aryl methyl sites for hydroxylation is 1. The molecule has 0 spiro atoms. The maximum Gasteiger partial charge on any atom is 0.387 e. The van der Waals surface area contributed by atoms with Gasteiger partial charge < -0.3 is 24.6 Å². The second-order valence-electron chi connectivity index (χ2n) is 7.46. The van der Waals surface area contributed by atoms with Gasteiger partial charge in [-0.15, -0.1) is 0 Å². The van der Waals surface area contributed by atoms with Gasteiger partial charge in [-0.05, 0) is 55.0 Å². The Morgan fingerprint density at radius 3 is 2.60 bits per heavy atom. The molecule has 0 aliphatic heterocycles. The summed E-state index contributed by atoms with van der Waals surface area (Å²) in [5.41, 5.74) is 3.37. The molecular formula is C25H22F2N4O4. The Morgan fingerprint density at radius 1 is 1.06 bits per heavy atom. The van der Waals surface area contributed by atoms with Crippen LogP contribution in [0.2, 0.25) is 0 Å². The number of rotatable bonds is 9. The first-order valence-electron chi connectivity index (χ1n) is 10.6. The topological polar surface area (TPSA) is 98.5 Å². The van der Waals surface area contributed by atoms with Crippen LogP contribution < -0.4 is 20.1 Å². The van der Waals surface area contributed by atoms with E-state index in [9.17, 15) is 13.6 Å². The number of amides is 1. The summed E-state index contributed by atoms with van der Waals surface area (Å²) in [6.45, 7) is -0.846. The highest BCUT2D eigenvalue weighted by Crippen LogP contribution is 2.32. The molecule has 2 N–H and O–H groups in total. The summed E-state index contributed by atoms with van der Waals surface area (Å²) in [5.74, 6) is 0.353. The molecule has 0 bridgehead atoms. The average molecular weight is 480 g/mol. The van der Waals surface area contributed by atoms with Crippen molar-refractivity contribution in [2.24, 2.45) is 0 Å². The van der Waals surface area contributed by atoms with Crippen molar-refractivity contribution in [1.82, 2.24) is 10.1 Å². The van der Waals surface area contributed by atoms with E-state index < -0.39 is 6.61 Å². The molecule has 180 valence electrons. The second kappa shape index (κ2) is 10.6. The molecule has 1 aromatic heterocycles. The van der Waals surface area contributed by atoms with Crippen LogP contribution in [-0.2, 0) is 6.54 Å². The molecule has 10 heteroatoms. The monoisotopic (exact) mass is 480 g/mol. The molecule has 0 fully saturated rings. The van der Waals surface area contributed by atoms with Gasteiger partial charge in [-0.1, -0.05) is 29.4 Å². The van der Waals surface area contributed by atoms with Gasteiger partial charge in [0.25, 0.3) is 5.91 Å². The summed E-state index contributed by atoms with van der Waals surface area (Å²) in [5, 5.41) is 10.0. The molecule has 0 aliphatic rings. The van der Waals surface area contributed by atoms with Crippen molar-refractivity contribution in [1.29, 1.82) is 0 Å². The molecule has 0 radical (unpaired) electrons. The minimum Gasteiger partial charge on any atom is -0.493 e. The highest BCUT2D eigenvalue weighted by molar-refractivity contribution is 6.04. The number of hydrogen-bond donors (Lipinski definition) is 2. The van der Waals surface area contributed by atoms with Crippen LogP contribution in [0, 0.1) is 6.92 Å². The highest BCUT2D eigenvalue weighted by Gasteiger charge is 2.15. The average Bonchev–Trinajstić information content (AvgIpc) is 3.33. The van der Waals surface area contributed by atoms with E-state index in [0.717, 1.165) is 11.3 Å². The second-order valence-corrected chi connectivity index (χ2v) is 7.46. The Labute approximate surface area is 199 Å². The third kappa shape index (κ3) is 5.91. The Hall–Kier alpha value is -4.47. The molecule has 4 rings (SSSR count). The van der Waals surface area contributed by atoms with E-state index >= 15 is 0 Å². The molecule has 0 unspecified atom stereocenters. The van der Waals surface area contributed by atoms with Gasteiger partial charge in [0.2, 0.25) is 11.7 Å². The zero-order valence-corrected chi connectivity index (χ0v) is 18.9. The SMILES string of the molecule is COc1cc(-c2noc(CNc3cc(C(=O)Nc4ccccc4)ccc3C)n2)ccc1OC(F)F. The number of benzene rings is 3. The predicted molar refractivity (Wildman–Crippen MR) is 126 cm³/mol. The van der Waals surface area contributed by atoms with E-state index in [4.69, 9.17) is 9.26 Å². The van der Waals surface area contributed by atoms with Gasteiger partial charge in [0, 0.05) is 22.5 Å². The summed E-state index contributed by atoms with van der Waals surface area (Å²) in [6.07, 6.45) is 0. The van der Waals surface area contributed by atoms with E-state index in [2.05, 4.69) is 25.5 Å². The number of ether oxygens (including phenoxy) is 2. The van der Waals surface area contributed by atoms with E-state index in [0.29, 0.717) is 22.7 Å². The molecule has 8 nitrogen and oxygen atoms in total. The Kier molecular flexibility index (Phi) is 7.20. The van der Waals surface area contributed by atoms with E-state index in [1.54, 1.807) is 12.1 Å². The van der Waals surface area contributed by atoms with Gasteiger partial charge in [-0.25, -0.2) is 0 Å². The first-order chi connectivity index (χ1) is 16.9. The number of hydrogen-bond acceptors (Lipinski definition) is 7. The van der Waals surface area contributed by atoms with Gasteiger partial charge in [-0.2, -0.15) is 13.8 Å². The van der Waals surface area contributed by atoms with Crippen molar-refractivity contribution in [3.8, 4) is 22.9 Å². The van der Waals surface area contributed by atoms with Crippen LogP contribution in [0.25, 0.3) is 11.4 Å². The Bertz CT molecular complexity index is 1310. The lowest BCUT2D eigenvalue weighted by atomic mass is 10.1. The fourth-order valence-electron chi connectivity index (χ4n) is 3.29. The van der Waals surface area contributed by atoms with Crippen LogP contribution in [-0.4, -0.2) is 29.8 Å². The van der Waals surface area contributed by atoms with Crippen molar-refractivity contribution < 1.29 is 27.6 Å². The summed E-state index contributed by atoms with van der Waals surface area (Å²) in [4.78, 5) is 16.9. The lowest BCUT2D eigenvalue weighted by Crippen LogP contribution is -2.12.